The van der Waals surface area contributed by atoms with Crippen LogP contribution in [0.1, 0.15) is 74.7 Å². The zero-order valence-electron chi connectivity index (χ0n) is 89.2. The van der Waals surface area contributed by atoms with Crippen LogP contribution in [0.4, 0.5) is 0 Å². The number of rotatable bonds is 13. The number of nitrogens with zero attached hydrogens (tertiary/aromatic N) is 10. The minimum Gasteiger partial charge on any atom is -0.305 e. The van der Waals surface area contributed by atoms with E-state index in [1.807, 2.05) is 226 Å². The van der Waals surface area contributed by atoms with Crippen molar-refractivity contribution in [1.29, 1.82) is 0 Å². The van der Waals surface area contributed by atoms with Gasteiger partial charge >= 0.3 is 0 Å². The average molecular weight is 2450 g/mol. The van der Waals surface area contributed by atoms with Crippen molar-refractivity contribution in [2.24, 2.45) is 0 Å². The van der Waals surface area contributed by atoms with Gasteiger partial charge in [-0.1, -0.05) is 209 Å². The molecule has 4 radical (unpaired) electrons. The van der Waals surface area contributed by atoms with Crippen molar-refractivity contribution in [3.05, 3.63) is 519 Å². The van der Waals surface area contributed by atoms with E-state index in [1.54, 1.807) is 97.5 Å². The van der Waals surface area contributed by atoms with Crippen molar-refractivity contribution in [3.63, 3.8) is 0 Å². The Morgan fingerprint density at radius 3 is 0.895 bits per heavy atom. The molecule has 133 heavy (non-hydrogen) atoms. The molecule has 10 nitrogen and oxygen atoms in total. The van der Waals surface area contributed by atoms with E-state index in [0.29, 0.717) is 11.3 Å². The van der Waals surface area contributed by atoms with Crippen LogP contribution in [0.3, 0.4) is 0 Å². The molecule has 14 heteroatoms. The molecule has 0 spiro atoms. The molecule has 0 bridgehead atoms. The van der Waals surface area contributed by atoms with Crippen LogP contribution in [-0.4, -0.2) is 49.8 Å². The smallest absolute Gasteiger partial charge is 0.0518 e. The third kappa shape index (κ3) is 32.7. The van der Waals surface area contributed by atoms with Crippen LogP contribution >= 0.6 is 0 Å². The van der Waals surface area contributed by atoms with Gasteiger partial charge in [0.05, 0.1) is 5.69 Å². The van der Waals surface area contributed by atoms with Crippen LogP contribution in [0.5, 0.6) is 0 Å². The first-order valence-corrected chi connectivity index (χ1v) is 41.1. The summed E-state index contributed by atoms with van der Waals surface area (Å²) in [5.41, 5.74) is 26.6. The first kappa shape index (κ1) is 80.2. The molecule has 666 valence electrons. The first-order chi connectivity index (χ1) is 70.1. The van der Waals surface area contributed by atoms with Gasteiger partial charge in [-0.15, -0.1) is 263 Å². The summed E-state index contributed by atoms with van der Waals surface area (Å²) in [6.45, 7) is -4.91. The maximum Gasteiger partial charge on any atom is 0.0518 e. The standard InChI is InChI=1S/2C18H15N2.C18H14N.C17H12N.4C12H10N.4Ir/c1-13-11-18(20-12-14(13)2)16-8-6-15(7-9-16)17-5-3-4-10-19-17;1-2-14-9-11-20-18(12-14)16-7-5-6-15(13-16)17-8-3-4-10-19-17;1-14-7-12-18(19-13-14)17-10-8-16(9-11-17)15-5-3-2-4-6-15;1-2-6-14(7-3-1)15-9-11-16(12-10-15)17-8-4-5-13-18-17;4*1-10-7-8-12(13-9-10)11-5-3-2-4-6-11;;;;/h3-8,10-12H,1-2H3;3-6,8-13H,2H2,1H3;2-10,12-13H,1H3;1-11,13H;4*2-5,7-9H,1H3;;;;/q8*-1;;;;/i;1D3,2D2;;;4*1D3;;;;. The number of hydrogen-bond acceptors (Lipinski definition) is 10. The Bertz CT molecular complexity index is 6970. The second kappa shape index (κ2) is 55.5. The summed E-state index contributed by atoms with van der Waals surface area (Å²) in [7, 11) is 0. The molecule has 0 N–H and O–H groups in total. The molecular formula is C119H96Ir4N10-8. The molecule has 0 aliphatic heterocycles. The summed E-state index contributed by atoms with van der Waals surface area (Å²) in [6.07, 6.45) is 13.6. The van der Waals surface area contributed by atoms with Crippen LogP contribution in [0.2, 0.25) is 0 Å². The van der Waals surface area contributed by atoms with E-state index in [2.05, 4.69) is 179 Å². The Kier molecular flexibility index (Phi) is 33.4. The molecule has 10 heterocycles. The average Bonchev–Trinajstić information content (AvgIpc) is 0.781. The minimum absolute atomic E-state index is 0. The summed E-state index contributed by atoms with van der Waals surface area (Å²) in [5.74, 6) is 0. The van der Waals surface area contributed by atoms with E-state index < -0.39 is 40.6 Å². The third-order valence-electron chi connectivity index (χ3n) is 19.3. The summed E-state index contributed by atoms with van der Waals surface area (Å²) >= 11 is 0. The van der Waals surface area contributed by atoms with Gasteiger partial charge in [-0.2, -0.15) is 0 Å². The summed E-state index contributed by atoms with van der Waals surface area (Å²) < 4.78 is 125. The molecule has 20 aromatic rings. The predicted octanol–water partition coefficient (Wildman–Crippen LogP) is 28.6. The maximum absolute atomic E-state index is 7.91. The SMILES string of the molecule is Cc1ccc(-c2[c-]cc(-c3ccccc3)cc2)nc1.Cc1cnc(-c2[c-]cc(-c3ccccn3)cc2)cc1C.[2H]C([2H])([2H])C([2H])([2H])c1ccnc(-c2[c-]ccc(-c3ccccn3)c2)c1.[2H]C([2H])([2H])c1ccc(-c2[c-]cccc2)nc1.[2H]C([2H])([2H])c1ccc(-c2[c-]cccc2)nc1.[2H]C([2H])([2H])c1ccc(-c2[c-]cccc2)nc1.[2H]C([2H])([2H])c1ccc(-c2[c-]cccc2)nc1.[Ir].[Ir].[Ir].[Ir].[c-]1cc(-c2ccccc2)ccc1-c1ccccn1. The van der Waals surface area contributed by atoms with E-state index in [1.165, 1.54) is 82.1 Å². The van der Waals surface area contributed by atoms with Gasteiger partial charge in [0.15, 0.2) is 0 Å². The topological polar surface area (TPSA) is 129 Å². The Balaban J connectivity index is 0.000000190. The van der Waals surface area contributed by atoms with Gasteiger partial charge in [0, 0.05) is 171 Å². The molecule has 0 atom stereocenters. The molecule has 0 saturated heterocycles. The van der Waals surface area contributed by atoms with E-state index in [4.69, 9.17) is 23.3 Å². The second-order valence-corrected chi connectivity index (χ2v) is 28.6. The molecular weight excluding hydrogens is 2340 g/mol. The second-order valence-electron chi connectivity index (χ2n) is 28.6. The van der Waals surface area contributed by atoms with E-state index in [-0.39, 0.29) is 108 Å². The van der Waals surface area contributed by atoms with Gasteiger partial charge in [0.25, 0.3) is 0 Å². The zero-order valence-corrected chi connectivity index (χ0v) is 81.8. The molecule has 10 aromatic heterocycles. The molecule has 0 saturated carbocycles. The van der Waals surface area contributed by atoms with Crippen molar-refractivity contribution in [3.8, 4) is 135 Å². The van der Waals surface area contributed by atoms with Gasteiger partial charge in [-0.3, -0.25) is 9.97 Å². The maximum atomic E-state index is 7.91. The molecule has 0 fully saturated rings. The van der Waals surface area contributed by atoms with Crippen molar-refractivity contribution in [2.45, 2.75) is 61.4 Å². The van der Waals surface area contributed by atoms with Gasteiger partial charge in [-0.05, 0) is 170 Å². The molecule has 0 aliphatic carbocycles. The number of aromatic nitrogens is 10. The van der Waals surface area contributed by atoms with Crippen molar-refractivity contribution < 1.29 is 104 Å². The number of aryl methyl sites for hydroxylation is 8. The van der Waals surface area contributed by atoms with Gasteiger partial charge in [0.1, 0.15) is 0 Å². The molecule has 10 aromatic carbocycles. The Morgan fingerprint density at radius 2 is 0.549 bits per heavy atom. The van der Waals surface area contributed by atoms with Crippen molar-refractivity contribution in [1.82, 2.24) is 49.8 Å². The van der Waals surface area contributed by atoms with Gasteiger partial charge < -0.3 is 39.9 Å². The summed E-state index contributed by atoms with van der Waals surface area (Å²) in [4.78, 5) is 42.6. The molecule has 0 unspecified atom stereocenters. The van der Waals surface area contributed by atoms with Gasteiger partial charge in [0.2, 0.25) is 0 Å². The van der Waals surface area contributed by atoms with Crippen LogP contribution < -0.4 is 0 Å². The van der Waals surface area contributed by atoms with Crippen molar-refractivity contribution in [2.75, 3.05) is 0 Å². The number of pyridine rings is 10. The van der Waals surface area contributed by atoms with Crippen molar-refractivity contribution >= 4 is 0 Å². The van der Waals surface area contributed by atoms with E-state index >= 15 is 0 Å². The summed E-state index contributed by atoms with van der Waals surface area (Å²) in [6, 6.07) is 139. The fourth-order valence-electron chi connectivity index (χ4n) is 12.4. The Labute approximate surface area is 862 Å². The summed E-state index contributed by atoms with van der Waals surface area (Å²) in [5, 5.41) is 0. The van der Waals surface area contributed by atoms with E-state index in [9.17, 15) is 0 Å². The zero-order chi connectivity index (χ0) is 104. The Hall–Kier alpha value is -13.7. The molecule has 0 aliphatic rings. The fourth-order valence-corrected chi connectivity index (χ4v) is 12.4. The number of benzene rings is 10. The number of hydrogen-bond donors (Lipinski definition) is 0. The predicted molar refractivity (Wildman–Crippen MR) is 528 cm³/mol. The monoisotopic (exact) mass is 2450 g/mol. The van der Waals surface area contributed by atoms with E-state index in [0.717, 1.165) is 101 Å². The largest absolute Gasteiger partial charge is 0.305 e. The normalized spacial score (nSPS) is 12.4. The van der Waals surface area contributed by atoms with Crippen LogP contribution in [-0.2, 0) is 86.8 Å². The van der Waals surface area contributed by atoms with Crippen LogP contribution in [0, 0.1) is 96.7 Å². The minimum atomic E-state index is -2.76. The van der Waals surface area contributed by atoms with Gasteiger partial charge in [-0.25, -0.2) is 0 Å². The molecule has 20 rings (SSSR count). The van der Waals surface area contributed by atoms with Crippen LogP contribution in [0.15, 0.2) is 426 Å². The third-order valence-corrected chi connectivity index (χ3v) is 19.3. The molecule has 0 amide bonds. The Morgan fingerprint density at radius 1 is 0.218 bits per heavy atom. The quantitative estimate of drug-likeness (QED) is 0.103. The first-order valence-electron chi connectivity index (χ1n) is 49.6. The fraction of sp³-hybridized carbons (Fsp3) is 0.0756. The van der Waals surface area contributed by atoms with Crippen LogP contribution in [0.25, 0.3) is 135 Å².